The van der Waals surface area contributed by atoms with E-state index in [4.69, 9.17) is 0 Å². The number of halogens is 3. The first-order valence-corrected chi connectivity index (χ1v) is 14.1. The van der Waals surface area contributed by atoms with Crippen molar-refractivity contribution in [2.45, 2.75) is 69.2 Å². The molecule has 2 aromatic rings. The fraction of sp³-hybridized carbons (Fsp3) is 0.640. The van der Waals surface area contributed by atoms with Gasteiger partial charge in [-0.1, -0.05) is 12.8 Å². The van der Waals surface area contributed by atoms with Crippen molar-refractivity contribution in [3.05, 3.63) is 35.8 Å². The van der Waals surface area contributed by atoms with Gasteiger partial charge in [0.25, 0.3) is 5.91 Å². The van der Waals surface area contributed by atoms with E-state index in [1.54, 1.807) is 0 Å². The van der Waals surface area contributed by atoms with Gasteiger partial charge in [-0.3, -0.25) is 9.78 Å². The van der Waals surface area contributed by atoms with Gasteiger partial charge in [0, 0.05) is 24.3 Å². The molecule has 3 fully saturated rings. The third kappa shape index (κ3) is 5.62. The molecule has 3 aliphatic carbocycles. The lowest BCUT2D eigenvalue weighted by Crippen LogP contribution is -2.43. The molecule has 6 nitrogen and oxygen atoms in total. The minimum atomic E-state index is -4.77. The molecule has 1 amide bonds. The van der Waals surface area contributed by atoms with E-state index in [1.807, 2.05) is 0 Å². The van der Waals surface area contributed by atoms with Crippen LogP contribution >= 0.6 is 0 Å². The lowest BCUT2D eigenvalue weighted by atomic mass is 9.70. The zero-order valence-corrected chi connectivity index (χ0v) is 20.3. The number of carbonyl (C=O) groups excluding carboxylic acids is 1. The first-order valence-electron chi connectivity index (χ1n) is 12.4. The summed E-state index contributed by atoms with van der Waals surface area (Å²) in [6.45, 7) is 0.236. The Labute approximate surface area is 203 Å². The average Bonchev–Trinajstić information content (AvgIpc) is 3.74. The van der Waals surface area contributed by atoms with Crippen molar-refractivity contribution in [2.75, 3.05) is 12.3 Å². The smallest absolute Gasteiger partial charge is 0.351 e. The molecule has 0 atom stereocenters. The van der Waals surface area contributed by atoms with Gasteiger partial charge in [0.1, 0.15) is 0 Å². The number of amides is 1. The molecule has 0 spiro atoms. The summed E-state index contributed by atoms with van der Waals surface area (Å²) in [5.41, 5.74) is -1.88. The first-order chi connectivity index (χ1) is 16.5. The molecule has 5 rings (SSSR count). The van der Waals surface area contributed by atoms with Crippen LogP contribution in [0.2, 0.25) is 0 Å². The van der Waals surface area contributed by atoms with Crippen LogP contribution in [0.1, 0.15) is 73.8 Å². The maximum absolute atomic E-state index is 13.7. The van der Waals surface area contributed by atoms with Gasteiger partial charge in [-0.15, -0.1) is 0 Å². The maximum atomic E-state index is 13.7. The van der Waals surface area contributed by atoms with E-state index in [-0.39, 0.29) is 28.5 Å². The van der Waals surface area contributed by atoms with E-state index in [1.165, 1.54) is 24.5 Å². The topological polar surface area (TPSA) is 89.0 Å². The van der Waals surface area contributed by atoms with E-state index in [0.717, 1.165) is 32.1 Å². The highest BCUT2D eigenvalue weighted by Gasteiger charge is 2.44. The van der Waals surface area contributed by atoms with Crippen molar-refractivity contribution < 1.29 is 26.4 Å². The van der Waals surface area contributed by atoms with Gasteiger partial charge < -0.3 is 5.32 Å². The fourth-order valence-corrected chi connectivity index (χ4v) is 7.68. The molecule has 3 saturated carbocycles. The lowest BCUT2D eigenvalue weighted by Gasteiger charge is -2.40. The molecule has 2 heterocycles. The molecule has 0 bridgehead atoms. The zero-order chi connectivity index (χ0) is 24.8. The van der Waals surface area contributed by atoms with E-state index in [0.29, 0.717) is 42.9 Å². The highest BCUT2D eigenvalue weighted by molar-refractivity contribution is 7.92. The van der Waals surface area contributed by atoms with Crippen molar-refractivity contribution in [1.29, 1.82) is 0 Å². The molecule has 3 aliphatic rings. The number of pyridine rings is 2. The van der Waals surface area contributed by atoms with E-state index in [9.17, 15) is 26.4 Å². The summed E-state index contributed by atoms with van der Waals surface area (Å²) in [6, 6.07) is 2.58. The van der Waals surface area contributed by atoms with Crippen LogP contribution in [0.5, 0.6) is 0 Å². The molecule has 0 unspecified atom stereocenters. The summed E-state index contributed by atoms with van der Waals surface area (Å²) in [4.78, 5) is 20.7. The third-order valence-electron chi connectivity index (χ3n) is 7.84. The van der Waals surface area contributed by atoms with Gasteiger partial charge in [0.2, 0.25) is 0 Å². The first kappa shape index (κ1) is 24.5. The zero-order valence-electron chi connectivity index (χ0n) is 19.5. The Kier molecular flexibility index (Phi) is 6.30. The molecule has 10 heteroatoms. The minimum absolute atomic E-state index is 0.125. The van der Waals surface area contributed by atoms with Crippen LogP contribution in [0.15, 0.2) is 24.5 Å². The van der Waals surface area contributed by atoms with Crippen LogP contribution in [0.25, 0.3) is 10.9 Å². The molecule has 0 aromatic carbocycles. The van der Waals surface area contributed by atoms with Gasteiger partial charge in [0.15, 0.2) is 15.5 Å². The standard InChI is InChI=1S/C25H30F3N3O3S/c26-25(27,28)22-20(11-18-13-29-10-7-21(18)31-22)23(32)30-15-24(12-16-1-2-16)8-5-19(6-9-24)35(33,34)14-17-3-4-17/h7,10-11,13,16-17,19H,1-6,8-9,12,14-15H2,(H,30,32). The summed E-state index contributed by atoms with van der Waals surface area (Å²) in [7, 11) is -3.13. The highest BCUT2D eigenvalue weighted by Crippen LogP contribution is 2.49. The number of fused-ring (bicyclic) bond motifs is 1. The molecule has 2 aromatic heterocycles. The van der Waals surface area contributed by atoms with Gasteiger partial charge >= 0.3 is 6.18 Å². The van der Waals surface area contributed by atoms with Crippen LogP contribution in [-0.4, -0.2) is 41.8 Å². The summed E-state index contributed by atoms with van der Waals surface area (Å²) >= 11 is 0. The normalized spacial score (nSPS) is 25.5. The van der Waals surface area contributed by atoms with E-state index < -0.39 is 33.2 Å². The number of alkyl halides is 3. The Morgan fingerprint density at radius 3 is 2.40 bits per heavy atom. The number of hydrogen-bond donors (Lipinski definition) is 1. The summed E-state index contributed by atoms with van der Waals surface area (Å²) < 4.78 is 66.7. The average molecular weight is 510 g/mol. The Bertz CT molecular complexity index is 1220. The molecule has 190 valence electrons. The number of nitrogens with zero attached hydrogens (tertiary/aromatic N) is 2. The number of hydrogen-bond acceptors (Lipinski definition) is 5. The Hall–Kier alpha value is -2.23. The molecule has 1 N–H and O–H groups in total. The van der Waals surface area contributed by atoms with Crippen molar-refractivity contribution in [3.63, 3.8) is 0 Å². The Balaban J connectivity index is 1.32. The second kappa shape index (κ2) is 9.01. The fourth-order valence-electron chi connectivity index (χ4n) is 5.47. The third-order valence-corrected chi connectivity index (χ3v) is 10.3. The predicted octanol–water partition coefficient (Wildman–Crippen LogP) is 4.93. The molecule has 0 saturated heterocycles. The van der Waals surface area contributed by atoms with Crippen molar-refractivity contribution in [2.24, 2.45) is 17.3 Å². The van der Waals surface area contributed by atoms with Crippen LogP contribution in [0.3, 0.4) is 0 Å². The molecular weight excluding hydrogens is 479 g/mol. The number of sulfone groups is 1. The second-order valence-electron chi connectivity index (χ2n) is 10.8. The summed E-state index contributed by atoms with van der Waals surface area (Å²) in [5.74, 6) is 0.319. The number of rotatable bonds is 8. The lowest BCUT2D eigenvalue weighted by molar-refractivity contribution is -0.141. The summed E-state index contributed by atoms with van der Waals surface area (Å²) in [6.07, 6.45) is 5.45. The number of aromatic nitrogens is 2. The minimum Gasteiger partial charge on any atom is -0.351 e. The molecule has 35 heavy (non-hydrogen) atoms. The largest absolute Gasteiger partial charge is 0.434 e. The van der Waals surface area contributed by atoms with Crippen LogP contribution in [-0.2, 0) is 16.0 Å². The number of carbonyl (C=O) groups is 1. The van der Waals surface area contributed by atoms with Crippen molar-refractivity contribution >= 4 is 26.6 Å². The Morgan fingerprint density at radius 1 is 1.09 bits per heavy atom. The van der Waals surface area contributed by atoms with E-state index >= 15 is 0 Å². The SMILES string of the molecule is O=C(NCC1(CC2CC2)CCC(S(=O)(=O)CC2CC2)CC1)c1cc2cnccc2nc1C(F)(F)F. The van der Waals surface area contributed by atoms with Crippen LogP contribution in [0.4, 0.5) is 13.2 Å². The van der Waals surface area contributed by atoms with Gasteiger partial charge in [-0.05, 0) is 74.3 Å². The quantitative estimate of drug-likeness (QED) is 0.545. The Morgan fingerprint density at radius 2 is 1.77 bits per heavy atom. The number of nitrogens with one attached hydrogen (secondary N) is 1. The van der Waals surface area contributed by atoms with Gasteiger partial charge in [0.05, 0.1) is 22.1 Å². The van der Waals surface area contributed by atoms with Crippen molar-refractivity contribution in [3.8, 4) is 0 Å². The highest BCUT2D eigenvalue weighted by atomic mass is 32.2. The monoisotopic (exact) mass is 509 g/mol. The van der Waals surface area contributed by atoms with Crippen LogP contribution in [0, 0.1) is 17.3 Å². The van der Waals surface area contributed by atoms with E-state index in [2.05, 4.69) is 15.3 Å². The van der Waals surface area contributed by atoms with Crippen molar-refractivity contribution in [1.82, 2.24) is 15.3 Å². The van der Waals surface area contributed by atoms with Gasteiger partial charge in [-0.2, -0.15) is 13.2 Å². The predicted molar refractivity (Wildman–Crippen MR) is 125 cm³/mol. The maximum Gasteiger partial charge on any atom is 0.434 e. The molecular formula is C25H30F3N3O3S. The van der Waals surface area contributed by atoms with Crippen LogP contribution < -0.4 is 5.32 Å². The van der Waals surface area contributed by atoms with Gasteiger partial charge in [-0.25, -0.2) is 13.4 Å². The summed E-state index contributed by atoms with van der Waals surface area (Å²) in [5, 5.41) is 2.78. The molecule has 0 aliphatic heterocycles. The second-order valence-corrected chi connectivity index (χ2v) is 13.1. The molecule has 0 radical (unpaired) electrons.